The monoisotopic (exact) mass is 277 g/mol. The number of nitrogens with two attached hydrogens (primary N) is 2. The Morgan fingerprint density at radius 3 is 2.70 bits per heavy atom. The van der Waals surface area contributed by atoms with Crippen LogP contribution >= 0.6 is 0 Å². The van der Waals surface area contributed by atoms with Gasteiger partial charge in [0.25, 0.3) is 0 Å². The minimum atomic E-state index is -0.243. The second-order valence-electron chi connectivity index (χ2n) is 6.41. The Balaban J connectivity index is 2.28. The van der Waals surface area contributed by atoms with Crippen LogP contribution in [-0.2, 0) is 10.2 Å². The lowest BCUT2D eigenvalue weighted by atomic mass is 9.95. The summed E-state index contributed by atoms with van der Waals surface area (Å²) in [5.41, 5.74) is 11.1. The molecule has 6 heteroatoms. The number of aromatic nitrogens is 2. The van der Waals surface area contributed by atoms with Gasteiger partial charge in [-0.25, -0.2) is 9.97 Å². The molecule has 2 rings (SSSR count). The first-order valence-electron chi connectivity index (χ1n) is 6.96. The fourth-order valence-electron chi connectivity index (χ4n) is 2.37. The van der Waals surface area contributed by atoms with E-state index in [0.717, 1.165) is 25.2 Å². The third kappa shape index (κ3) is 3.18. The number of amides is 1. The Hall–Kier alpha value is -1.85. The van der Waals surface area contributed by atoms with Crippen LogP contribution in [0.25, 0.3) is 0 Å². The molecular weight excluding hydrogens is 254 g/mol. The molecule has 0 saturated carbocycles. The molecule has 0 radical (unpaired) electrons. The average Bonchev–Trinajstić information content (AvgIpc) is 2.37. The molecule has 6 nitrogen and oxygen atoms in total. The molecule has 4 N–H and O–H groups in total. The Kier molecular flexibility index (Phi) is 3.83. The lowest BCUT2D eigenvalue weighted by Crippen LogP contribution is -2.41. The van der Waals surface area contributed by atoms with E-state index in [9.17, 15) is 4.79 Å². The van der Waals surface area contributed by atoms with Crippen LogP contribution in [0.1, 0.15) is 39.4 Å². The standard InChI is InChI=1S/C14H23N5O/c1-14(2,3)13-17-10(15)7-11(18-13)19-6-4-5-9(8-19)12(16)20/h7,9H,4-6,8H2,1-3H3,(H2,16,20)(H2,15,17,18). The van der Waals surface area contributed by atoms with Crippen LogP contribution in [-0.4, -0.2) is 29.0 Å². The number of primary amides is 1. The van der Waals surface area contributed by atoms with Gasteiger partial charge in [0.1, 0.15) is 17.5 Å². The van der Waals surface area contributed by atoms with Gasteiger partial charge in [-0.3, -0.25) is 4.79 Å². The number of rotatable bonds is 2. The highest BCUT2D eigenvalue weighted by molar-refractivity contribution is 5.77. The molecule has 110 valence electrons. The molecule has 1 atom stereocenters. The molecule has 0 spiro atoms. The first-order chi connectivity index (χ1) is 9.27. The predicted octanol–water partition coefficient (Wildman–Crippen LogP) is 1.06. The predicted molar refractivity (Wildman–Crippen MR) is 79.3 cm³/mol. The summed E-state index contributed by atoms with van der Waals surface area (Å²) in [6.45, 7) is 7.62. The van der Waals surface area contributed by atoms with E-state index >= 15 is 0 Å². The molecule has 1 saturated heterocycles. The highest BCUT2D eigenvalue weighted by Gasteiger charge is 2.26. The third-order valence-corrected chi connectivity index (χ3v) is 3.55. The molecule has 1 aliphatic heterocycles. The smallest absolute Gasteiger partial charge is 0.222 e. The molecule has 2 heterocycles. The maximum absolute atomic E-state index is 11.4. The van der Waals surface area contributed by atoms with E-state index in [-0.39, 0.29) is 17.2 Å². The Morgan fingerprint density at radius 1 is 1.40 bits per heavy atom. The van der Waals surface area contributed by atoms with Crippen LogP contribution in [0.2, 0.25) is 0 Å². The number of anilines is 2. The third-order valence-electron chi connectivity index (χ3n) is 3.55. The fourth-order valence-corrected chi connectivity index (χ4v) is 2.37. The maximum atomic E-state index is 11.4. The van der Waals surface area contributed by atoms with E-state index < -0.39 is 0 Å². The van der Waals surface area contributed by atoms with Crippen LogP contribution in [0.5, 0.6) is 0 Å². The summed E-state index contributed by atoms with van der Waals surface area (Å²) < 4.78 is 0. The molecule has 1 fully saturated rings. The van der Waals surface area contributed by atoms with E-state index in [1.165, 1.54) is 0 Å². The van der Waals surface area contributed by atoms with E-state index in [4.69, 9.17) is 11.5 Å². The summed E-state index contributed by atoms with van der Waals surface area (Å²) in [6.07, 6.45) is 1.78. The SMILES string of the molecule is CC(C)(C)c1nc(N)cc(N2CCCC(C(N)=O)C2)n1. The normalized spacial score (nSPS) is 19.9. The van der Waals surface area contributed by atoms with Gasteiger partial charge in [0.05, 0.1) is 5.92 Å². The number of hydrogen-bond acceptors (Lipinski definition) is 5. The summed E-state index contributed by atoms with van der Waals surface area (Å²) in [7, 11) is 0. The minimum Gasteiger partial charge on any atom is -0.384 e. The number of piperidine rings is 1. The zero-order valence-corrected chi connectivity index (χ0v) is 12.4. The second-order valence-corrected chi connectivity index (χ2v) is 6.41. The molecule has 1 unspecified atom stereocenters. The highest BCUT2D eigenvalue weighted by Crippen LogP contribution is 2.26. The first kappa shape index (κ1) is 14.6. The number of nitrogens with zero attached hydrogens (tertiary/aromatic N) is 3. The van der Waals surface area contributed by atoms with Crippen LogP contribution in [0.4, 0.5) is 11.6 Å². The van der Waals surface area contributed by atoms with Crippen LogP contribution in [0.3, 0.4) is 0 Å². The van der Waals surface area contributed by atoms with Gasteiger partial charge in [0, 0.05) is 24.6 Å². The van der Waals surface area contributed by atoms with Gasteiger partial charge in [-0.05, 0) is 12.8 Å². The van der Waals surface area contributed by atoms with Crippen molar-refractivity contribution in [3.8, 4) is 0 Å². The fraction of sp³-hybridized carbons (Fsp3) is 0.643. The number of nitrogen functional groups attached to an aromatic ring is 1. The van der Waals surface area contributed by atoms with Crippen LogP contribution in [0.15, 0.2) is 6.07 Å². The molecule has 1 amide bonds. The molecule has 0 aromatic carbocycles. The molecule has 1 aromatic heterocycles. The molecule has 1 aliphatic rings. The number of carbonyl (C=O) groups excluding carboxylic acids is 1. The largest absolute Gasteiger partial charge is 0.384 e. The van der Waals surface area contributed by atoms with Gasteiger partial charge in [-0.15, -0.1) is 0 Å². The lowest BCUT2D eigenvalue weighted by molar-refractivity contribution is -0.122. The van der Waals surface area contributed by atoms with Crippen molar-refractivity contribution in [1.82, 2.24) is 9.97 Å². The van der Waals surface area contributed by atoms with Crippen LogP contribution in [0, 0.1) is 5.92 Å². The Labute approximate surface area is 119 Å². The minimum absolute atomic E-state index is 0.113. The molecule has 0 bridgehead atoms. The lowest BCUT2D eigenvalue weighted by Gasteiger charge is -2.32. The molecule has 1 aromatic rings. The Morgan fingerprint density at radius 2 is 2.10 bits per heavy atom. The van der Waals surface area contributed by atoms with Gasteiger partial charge >= 0.3 is 0 Å². The van der Waals surface area contributed by atoms with Crippen molar-refractivity contribution in [3.05, 3.63) is 11.9 Å². The number of carbonyl (C=O) groups is 1. The van der Waals surface area contributed by atoms with Crippen molar-refractivity contribution in [1.29, 1.82) is 0 Å². The van der Waals surface area contributed by atoms with Gasteiger partial charge in [0.2, 0.25) is 5.91 Å². The molecule has 0 aliphatic carbocycles. The summed E-state index contributed by atoms with van der Waals surface area (Å²) in [4.78, 5) is 22.3. The molecular formula is C14H23N5O. The van der Waals surface area contributed by atoms with Crippen molar-refractivity contribution >= 4 is 17.5 Å². The van der Waals surface area contributed by atoms with E-state index in [0.29, 0.717) is 18.2 Å². The van der Waals surface area contributed by atoms with Gasteiger partial charge in [-0.2, -0.15) is 0 Å². The zero-order chi connectivity index (χ0) is 14.9. The van der Waals surface area contributed by atoms with E-state index in [1.54, 1.807) is 6.07 Å². The van der Waals surface area contributed by atoms with Gasteiger partial charge in [-0.1, -0.05) is 20.8 Å². The van der Waals surface area contributed by atoms with Crippen molar-refractivity contribution in [2.75, 3.05) is 23.7 Å². The Bertz CT molecular complexity index is 509. The van der Waals surface area contributed by atoms with Crippen molar-refractivity contribution in [3.63, 3.8) is 0 Å². The van der Waals surface area contributed by atoms with Gasteiger partial charge in [0.15, 0.2) is 0 Å². The average molecular weight is 277 g/mol. The summed E-state index contributed by atoms with van der Waals surface area (Å²) >= 11 is 0. The summed E-state index contributed by atoms with van der Waals surface area (Å²) in [5.74, 6) is 1.61. The second kappa shape index (κ2) is 5.26. The van der Waals surface area contributed by atoms with Gasteiger partial charge < -0.3 is 16.4 Å². The summed E-state index contributed by atoms with van der Waals surface area (Å²) in [6, 6.07) is 1.76. The van der Waals surface area contributed by atoms with E-state index in [2.05, 4.69) is 14.9 Å². The first-order valence-corrected chi connectivity index (χ1v) is 6.96. The quantitative estimate of drug-likeness (QED) is 0.842. The maximum Gasteiger partial charge on any atom is 0.222 e. The highest BCUT2D eigenvalue weighted by atomic mass is 16.1. The number of hydrogen-bond donors (Lipinski definition) is 2. The van der Waals surface area contributed by atoms with Crippen molar-refractivity contribution < 1.29 is 4.79 Å². The van der Waals surface area contributed by atoms with Crippen LogP contribution < -0.4 is 16.4 Å². The van der Waals surface area contributed by atoms with Crippen molar-refractivity contribution in [2.45, 2.75) is 39.0 Å². The topological polar surface area (TPSA) is 98.1 Å². The van der Waals surface area contributed by atoms with E-state index in [1.807, 2.05) is 20.8 Å². The van der Waals surface area contributed by atoms with Crippen molar-refractivity contribution in [2.24, 2.45) is 11.7 Å². The molecule has 20 heavy (non-hydrogen) atoms. The summed E-state index contributed by atoms with van der Waals surface area (Å²) in [5, 5.41) is 0. The zero-order valence-electron chi connectivity index (χ0n) is 12.4.